The van der Waals surface area contributed by atoms with E-state index in [2.05, 4.69) is 22.1 Å². The van der Waals surface area contributed by atoms with Crippen LogP contribution in [0, 0.1) is 6.92 Å². The zero-order chi connectivity index (χ0) is 17.6. The average Bonchev–Trinajstić information content (AvgIpc) is 3.18. The van der Waals surface area contributed by atoms with Gasteiger partial charge in [-0.25, -0.2) is 0 Å². The maximum Gasteiger partial charge on any atom is 0.223 e. The van der Waals surface area contributed by atoms with E-state index >= 15 is 0 Å². The molecule has 3 rings (SSSR count). The molecule has 0 bridgehead atoms. The number of likely N-dealkylation sites (tertiary alicyclic amines) is 1. The molecule has 0 radical (unpaired) electrons. The van der Waals surface area contributed by atoms with Gasteiger partial charge in [-0.1, -0.05) is 5.16 Å². The summed E-state index contributed by atoms with van der Waals surface area (Å²) in [6, 6.07) is 4.21. The van der Waals surface area contributed by atoms with Gasteiger partial charge in [0.05, 0.1) is 12.8 Å². The van der Waals surface area contributed by atoms with Crippen molar-refractivity contribution in [1.82, 2.24) is 19.9 Å². The number of carbonyl (C=O) groups is 1. The first-order chi connectivity index (χ1) is 12.1. The first-order valence-corrected chi connectivity index (χ1v) is 8.91. The molecular formula is C18H26N4O3. The van der Waals surface area contributed by atoms with E-state index < -0.39 is 0 Å². The molecule has 1 saturated heterocycles. The zero-order valence-corrected chi connectivity index (χ0v) is 15.0. The number of amides is 1. The molecule has 0 saturated carbocycles. The van der Waals surface area contributed by atoms with Gasteiger partial charge in [0.2, 0.25) is 11.8 Å². The fourth-order valence-electron chi connectivity index (χ4n) is 3.37. The molecule has 136 valence electrons. The molecular weight excluding hydrogens is 320 g/mol. The van der Waals surface area contributed by atoms with Crippen LogP contribution in [0.3, 0.4) is 0 Å². The zero-order valence-electron chi connectivity index (χ0n) is 15.0. The molecule has 0 spiro atoms. The van der Waals surface area contributed by atoms with Gasteiger partial charge >= 0.3 is 0 Å². The lowest BCUT2D eigenvalue weighted by Gasteiger charge is -2.26. The second-order valence-corrected chi connectivity index (χ2v) is 6.69. The van der Waals surface area contributed by atoms with Crippen molar-refractivity contribution < 1.29 is 13.7 Å². The first-order valence-electron chi connectivity index (χ1n) is 8.91. The van der Waals surface area contributed by atoms with Crippen LogP contribution in [0.1, 0.15) is 43.2 Å². The molecule has 1 aliphatic rings. The fourth-order valence-corrected chi connectivity index (χ4v) is 3.37. The van der Waals surface area contributed by atoms with Crippen molar-refractivity contribution in [2.75, 3.05) is 20.1 Å². The van der Waals surface area contributed by atoms with E-state index in [1.165, 1.54) is 0 Å². The van der Waals surface area contributed by atoms with Crippen LogP contribution in [-0.4, -0.2) is 52.0 Å². The summed E-state index contributed by atoms with van der Waals surface area (Å²) in [4.78, 5) is 21.0. The summed E-state index contributed by atoms with van der Waals surface area (Å²) in [5, 5.41) is 3.96. The maximum atomic E-state index is 12.5. The SMILES string of the molecule is Cc1nc(CN(C)[C@@H]2CCCN(C(=O)CCc3ccco3)CC2)no1. The highest BCUT2D eigenvalue weighted by molar-refractivity contribution is 5.76. The minimum atomic E-state index is 0.216. The number of rotatable bonds is 6. The van der Waals surface area contributed by atoms with Crippen LogP contribution in [0.15, 0.2) is 27.3 Å². The fraction of sp³-hybridized carbons (Fsp3) is 0.611. The number of aryl methyl sites for hydroxylation is 2. The van der Waals surface area contributed by atoms with E-state index in [4.69, 9.17) is 8.94 Å². The van der Waals surface area contributed by atoms with Crippen LogP contribution >= 0.6 is 0 Å². The van der Waals surface area contributed by atoms with Gasteiger partial charge in [0, 0.05) is 38.9 Å². The van der Waals surface area contributed by atoms with E-state index in [0.717, 1.165) is 43.9 Å². The third-order valence-corrected chi connectivity index (χ3v) is 4.80. The van der Waals surface area contributed by atoms with Gasteiger partial charge in [0.15, 0.2) is 5.82 Å². The lowest BCUT2D eigenvalue weighted by atomic mass is 10.1. The Hall–Kier alpha value is -2.15. The van der Waals surface area contributed by atoms with Gasteiger partial charge in [-0.15, -0.1) is 0 Å². The third-order valence-electron chi connectivity index (χ3n) is 4.80. The second-order valence-electron chi connectivity index (χ2n) is 6.69. The highest BCUT2D eigenvalue weighted by Crippen LogP contribution is 2.18. The highest BCUT2D eigenvalue weighted by Gasteiger charge is 2.23. The highest BCUT2D eigenvalue weighted by atomic mass is 16.5. The summed E-state index contributed by atoms with van der Waals surface area (Å²) in [5.74, 6) is 2.40. The molecule has 0 aromatic carbocycles. The van der Waals surface area contributed by atoms with Crippen LogP contribution in [0.5, 0.6) is 0 Å². The molecule has 2 aromatic heterocycles. The number of aromatic nitrogens is 2. The normalized spacial score (nSPS) is 18.5. The predicted molar refractivity (Wildman–Crippen MR) is 91.8 cm³/mol. The molecule has 2 aromatic rings. The number of hydrogen-bond donors (Lipinski definition) is 0. The molecule has 0 unspecified atom stereocenters. The van der Waals surface area contributed by atoms with Gasteiger partial charge in [-0.05, 0) is 38.4 Å². The Morgan fingerprint density at radius 3 is 3.00 bits per heavy atom. The Bertz CT molecular complexity index is 668. The van der Waals surface area contributed by atoms with Gasteiger partial charge in [-0.2, -0.15) is 4.98 Å². The summed E-state index contributed by atoms with van der Waals surface area (Å²) in [5.41, 5.74) is 0. The van der Waals surface area contributed by atoms with Gasteiger partial charge in [0.1, 0.15) is 5.76 Å². The van der Waals surface area contributed by atoms with Crippen LogP contribution in [0.25, 0.3) is 0 Å². The summed E-state index contributed by atoms with van der Waals surface area (Å²) in [6.45, 7) is 4.11. The Kier molecular flexibility index (Phi) is 5.86. The summed E-state index contributed by atoms with van der Waals surface area (Å²) >= 11 is 0. The van der Waals surface area contributed by atoms with Crippen molar-refractivity contribution in [1.29, 1.82) is 0 Å². The van der Waals surface area contributed by atoms with Crippen molar-refractivity contribution in [3.63, 3.8) is 0 Å². The van der Waals surface area contributed by atoms with Crippen molar-refractivity contribution in [3.05, 3.63) is 35.9 Å². The summed E-state index contributed by atoms with van der Waals surface area (Å²) in [6.07, 6.45) is 5.90. The van der Waals surface area contributed by atoms with E-state index in [0.29, 0.717) is 31.3 Å². The molecule has 7 heteroatoms. The lowest BCUT2D eigenvalue weighted by Crippen LogP contribution is -2.35. The third kappa shape index (κ3) is 4.92. The van der Waals surface area contributed by atoms with E-state index in [-0.39, 0.29) is 5.91 Å². The Labute approximate surface area is 148 Å². The molecule has 0 N–H and O–H groups in total. The Balaban J connectivity index is 1.46. The van der Waals surface area contributed by atoms with E-state index in [1.54, 1.807) is 13.2 Å². The summed E-state index contributed by atoms with van der Waals surface area (Å²) in [7, 11) is 2.09. The van der Waals surface area contributed by atoms with Crippen LogP contribution < -0.4 is 0 Å². The minimum absolute atomic E-state index is 0.216. The van der Waals surface area contributed by atoms with Crippen molar-refractivity contribution in [3.8, 4) is 0 Å². The van der Waals surface area contributed by atoms with Gasteiger partial charge in [0.25, 0.3) is 0 Å². The maximum absolute atomic E-state index is 12.5. The lowest BCUT2D eigenvalue weighted by molar-refractivity contribution is -0.131. The monoisotopic (exact) mass is 346 g/mol. The Morgan fingerprint density at radius 2 is 2.28 bits per heavy atom. The second kappa shape index (κ2) is 8.29. The summed E-state index contributed by atoms with van der Waals surface area (Å²) < 4.78 is 10.3. The van der Waals surface area contributed by atoms with Crippen molar-refractivity contribution >= 4 is 5.91 Å². The van der Waals surface area contributed by atoms with E-state index in [9.17, 15) is 4.79 Å². The molecule has 1 fully saturated rings. The standard InChI is InChI=1S/C18H26N4O3/c1-14-19-17(20-25-14)13-21(2)15-5-3-10-22(11-9-15)18(23)8-7-16-6-4-12-24-16/h4,6,12,15H,3,5,7-11,13H2,1-2H3/t15-/m1/s1. The number of hydrogen-bond acceptors (Lipinski definition) is 6. The molecule has 3 heterocycles. The minimum Gasteiger partial charge on any atom is -0.469 e. The molecule has 7 nitrogen and oxygen atoms in total. The quantitative estimate of drug-likeness (QED) is 0.799. The molecule has 1 aliphatic heterocycles. The van der Waals surface area contributed by atoms with Crippen LogP contribution in [0.2, 0.25) is 0 Å². The topological polar surface area (TPSA) is 75.6 Å². The van der Waals surface area contributed by atoms with Crippen LogP contribution in [0.4, 0.5) is 0 Å². The predicted octanol–water partition coefficient (Wildman–Crippen LogP) is 2.42. The van der Waals surface area contributed by atoms with E-state index in [1.807, 2.05) is 17.0 Å². The van der Waals surface area contributed by atoms with Gasteiger partial charge < -0.3 is 13.8 Å². The molecule has 25 heavy (non-hydrogen) atoms. The average molecular weight is 346 g/mol. The largest absolute Gasteiger partial charge is 0.469 e. The molecule has 1 atom stereocenters. The molecule has 1 amide bonds. The van der Waals surface area contributed by atoms with Crippen LogP contribution in [-0.2, 0) is 17.8 Å². The number of nitrogens with zero attached hydrogens (tertiary/aromatic N) is 4. The van der Waals surface area contributed by atoms with Crippen molar-refractivity contribution in [2.45, 2.75) is 51.6 Å². The number of furan rings is 1. The first kappa shape index (κ1) is 17.7. The van der Waals surface area contributed by atoms with Crippen molar-refractivity contribution in [2.24, 2.45) is 0 Å². The molecule has 0 aliphatic carbocycles. The Morgan fingerprint density at radius 1 is 1.40 bits per heavy atom. The smallest absolute Gasteiger partial charge is 0.223 e. The van der Waals surface area contributed by atoms with Gasteiger partial charge in [-0.3, -0.25) is 9.69 Å². The number of carbonyl (C=O) groups excluding carboxylic acids is 1.